The summed E-state index contributed by atoms with van der Waals surface area (Å²) in [4.78, 5) is 32.3. The molecule has 0 aliphatic rings. The topological polar surface area (TPSA) is 157 Å². The molecule has 0 saturated heterocycles. The maximum atomic E-state index is 12.9. The first-order valence-electron chi connectivity index (χ1n) is 23.5. The summed E-state index contributed by atoms with van der Waals surface area (Å²) < 4.78 is 57.6. The zero-order chi connectivity index (χ0) is 53.3. The molecule has 12 nitrogen and oxygen atoms in total. The lowest BCUT2D eigenvalue weighted by Gasteiger charge is -2.39. The molecule has 0 radical (unpaired) electrons. The predicted octanol–water partition coefficient (Wildman–Crippen LogP) is 14.4. The lowest BCUT2D eigenvalue weighted by molar-refractivity contribution is -0.386. The molecule has 6 aromatic rings. The SMILES string of the molecule is C=C(c1ccc(C(F)(F)F)cc1)[Si](C)(OCc1ccccc1[N+](=O)[O-])c1ccccc1.CC(C)(C)[Si](C)(OCc1ccccc1[N+](=O)[O-])c1ccccc1.CC[Si](CC)(CC)OCc1ccccc1[N+](=O)[O-]. The molecule has 72 heavy (non-hydrogen) atoms. The highest BCUT2D eigenvalue weighted by molar-refractivity contribution is 7.00. The smallest absolute Gasteiger partial charge is 0.412 e. The van der Waals surface area contributed by atoms with Crippen molar-refractivity contribution in [2.45, 2.75) is 104 Å². The maximum Gasteiger partial charge on any atom is 0.416 e. The van der Waals surface area contributed by atoms with Gasteiger partial charge in [-0.3, -0.25) is 30.3 Å². The highest BCUT2D eigenvalue weighted by Gasteiger charge is 2.44. The minimum absolute atomic E-state index is 0.0194. The van der Waals surface area contributed by atoms with Gasteiger partial charge in [0.2, 0.25) is 8.32 Å². The van der Waals surface area contributed by atoms with Crippen LogP contribution in [-0.2, 0) is 39.3 Å². The molecule has 6 aromatic carbocycles. The molecular weight excluding hydrogens is 976 g/mol. The average molecular weight is 1040 g/mol. The molecule has 0 heterocycles. The number of para-hydroxylation sites is 3. The first kappa shape index (κ1) is 58.2. The fraction of sp³-hybridized carbons (Fsp3) is 0.296. The highest BCUT2D eigenvalue weighted by Crippen LogP contribution is 2.38. The molecule has 0 spiro atoms. The second-order valence-electron chi connectivity index (χ2n) is 18.4. The van der Waals surface area contributed by atoms with E-state index < -0.39 is 41.6 Å². The van der Waals surface area contributed by atoms with Crippen molar-refractivity contribution in [1.82, 2.24) is 0 Å². The van der Waals surface area contributed by atoms with Crippen LogP contribution in [0.1, 0.15) is 69.4 Å². The molecule has 6 rings (SSSR count). The molecule has 0 aromatic heterocycles. The molecule has 0 amide bonds. The number of hydrogen-bond donors (Lipinski definition) is 0. The molecule has 0 aliphatic heterocycles. The van der Waals surface area contributed by atoms with E-state index in [0.717, 1.165) is 35.5 Å². The highest BCUT2D eigenvalue weighted by atomic mass is 28.4. The second kappa shape index (κ2) is 25.8. The van der Waals surface area contributed by atoms with Gasteiger partial charge in [0.05, 0.1) is 56.8 Å². The normalized spacial score (nSPS) is 13.2. The van der Waals surface area contributed by atoms with Gasteiger partial charge >= 0.3 is 6.18 Å². The van der Waals surface area contributed by atoms with E-state index in [4.69, 9.17) is 13.3 Å². The van der Waals surface area contributed by atoms with Gasteiger partial charge in [0.15, 0.2) is 8.32 Å². The van der Waals surface area contributed by atoms with Crippen LogP contribution in [0.3, 0.4) is 0 Å². The molecular formula is C54H64F3N3O9Si3. The first-order chi connectivity index (χ1) is 34.0. The van der Waals surface area contributed by atoms with Crippen LogP contribution in [0.2, 0.25) is 36.3 Å². The van der Waals surface area contributed by atoms with Gasteiger partial charge in [-0.25, -0.2) is 0 Å². The third kappa shape index (κ3) is 15.1. The van der Waals surface area contributed by atoms with Crippen molar-refractivity contribution in [3.05, 3.63) is 222 Å². The van der Waals surface area contributed by atoms with Crippen LogP contribution in [0.15, 0.2) is 164 Å². The Balaban J connectivity index is 0.000000244. The van der Waals surface area contributed by atoms with Crippen LogP contribution in [-0.4, -0.2) is 39.7 Å². The van der Waals surface area contributed by atoms with Crippen LogP contribution in [0.25, 0.3) is 5.20 Å². The molecule has 382 valence electrons. The largest absolute Gasteiger partial charge is 0.416 e. The summed E-state index contributed by atoms with van der Waals surface area (Å²) in [6.45, 7) is 21.8. The summed E-state index contributed by atoms with van der Waals surface area (Å²) >= 11 is 0. The zero-order valence-corrected chi connectivity index (χ0v) is 45.1. The molecule has 2 atom stereocenters. The third-order valence-corrected chi connectivity index (χ3v) is 26.5. The number of benzene rings is 6. The molecule has 0 bridgehead atoms. The summed E-state index contributed by atoms with van der Waals surface area (Å²) in [7, 11) is -6.94. The van der Waals surface area contributed by atoms with Crippen LogP contribution in [0.5, 0.6) is 0 Å². The standard InChI is InChI=1S/C23H20F3NO3Si.C18H23NO3Si.C13H21NO3Si/c1-17(18-12-14-20(15-13-18)23(24,25)26)31(2,21-9-4-3-5-10-21)30-16-19-8-6-7-11-22(19)27(28)29;1-18(2,3)23(4,16-11-6-5-7-12-16)22-14-15-10-8-9-13-17(15)19(20)21;1-4-18(5-2,6-3)17-11-12-9-7-8-10-13(12)14(15)16/h3-15H,1,16H2,2H3;5-13H,14H2,1-4H3;7-10H,4-6,11H2,1-3H3. The Morgan fingerprint density at radius 3 is 1.22 bits per heavy atom. The van der Waals surface area contributed by atoms with Crippen molar-refractivity contribution >= 4 is 57.6 Å². The van der Waals surface area contributed by atoms with E-state index in [-0.39, 0.29) is 45.2 Å². The number of alkyl halides is 3. The Hall–Kier alpha value is -6.42. The number of nitrogens with zero attached hydrogens (tertiary/aromatic N) is 3. The van der Waals surface area contributed by atoms with Gasteiger partial charge in [0.1, 0.15) is 0 Å². The Bertz CT molecular complexity index is 2730. The second-order valence-corrected chi connectivity index (χ2v) is 31.1. The lowest BCUT2D eigenvalue weighted by atomic mass is 10.1. The molecule has 0 fully saturated rings. The predicted molar refractivity (Wildman–Crippen MR) is 286 cm³/mol. The molecule has 0 saturated carbocycles. The van der Waals surface area contributed by atoms with E-state index in [2.05, 4.69) is 66.8 Å². The van der Waals surface area contributed by atoms with Gasteiger partial charge in [-0.1, -0.05) is 157 Å². The van der Waals surface area contributed by atoms with Crippen LogP contribution < -0.4 is 10.4 Å². The summed E-state index contributed by atoms with van der Waals surface area (Å²) in [5, 5.41) is 36.0. The van der Waals surface area contributed by atoms with Crippen molar-refractivity contribution in [3.63, 3.8) is 0 Å². The number of halogens is 3. The van der Waals surface area contributed by atoms with Gasteiger partial charge in [-0.05, 0) is 87.7 Å². The van der Waals surface area contributed by atoms with E-state index >= 15 is 0 Å². The quantitative estimate of drug-likeness (QED) is 0.0437. The van der Waals surface area contributed by atoms with Crippen molar-refractivity contribution in [2.75, 3.05) is 0 Å². The Morgan fingerprint density at radius 2 is 0.861 bits per heavy atom. The molecule has 2 unspecified atom stereocenters. The average Bonchev–Trinajstić information content (AvgIpc) is 3.38. The monoisotopic (exact) mass is 1040 g/mol. The molecule has 18 heteroatoms. The van der Waals surface area contributed by atoms with Crippen LogP contribution >= 0.6 is 0 Å². The summed E-state index contributed by atoms with van der Waals surface area (Å²) in [6, 6.07) is 47.4. The van der Waals surface area contributed by atoms with Gasteiger partial charge in [-0.15, -0.1) is 0 Å². The van der Waals surface area contributed by atoms with Crippen molar-refractivity contribution < 1.29 is 41.2 Å². The Kier molecular flexibility index (Phi) is 20.8. The zero-order valence-electron chi connectivity index (χ0n) is 42.1. The number of rotatable bonds is 19. The van der Waals surface area contributed by atoms with Crippen molar-refractivity contribution in [3.8, 4) is 0 Å². The Morgan fingerprint density at radius 1 is 0.514 bits per heavy atom. The van der Waals surface area contributed by atoms with Crippen LogP contribution in [0, 0.1) is 30.3 Å². The lowest BCUT2D eigenvalue weighted by Crippen LogP contribution is -2.54. The van der Waals surface area contributed by atoms with E-state index in [1.54, 1.807) is 42.5 Å². The number of nitro groups is 3. The Labute approximate surface area is 423 Å². The minimum Gasteiger partial charge on any atom is -0.412 e. The van der Waals surface area contributed by atoms with E-state index in [9.17, 15) is 43.5 Å². The molecule has 0 aliphatic carbocycles. The van der Waals surface area contributed by atoms with Gasteiger partial charge in [0.25, 0.3) is 25.4 Å². The summed E-state index contributed by atoms with van der Waals surface area (Å²) in [5.41, 5.74) is 1.73. The van der Waals surface area contributed by atoms with E-state index in [0.29, 0.717) is 34.1 Å². The molecule has 0 N–H and O–H groups in total. The first-order valence-corrected chi connectivity index (χ1v) is 30.9. The maximum absolute atomic E-state index is 12.9. The minimum atomic E-state index is -4.43. The van der Waals surface area contributed by atoms with Crippen molar-refractivity contribution in [2.24, 2.45) is 0 Å². The van der Waals surface area contributed by atoms with Crippen LogP contribution in [0.4, 0.5) is 30.2 Å². The fourth-order valence-electron chi connectivity index (χ4n) is 7.89. The van der Waals surface area contributed by atoms with E-state index in [1.165, 1.54) is 35.5 Å². The summed E-state index contributed by atoms with van der Waals surface area (Å²) in [6.07, 6.45) is -4.43. The van der Waals surface area contributed by atoms with E-state index in [1.807, 2.05) is 67.2 Å². The van der Waals surface area contributed by atoms with Gasteiger partial charge in [-0.2, -0.15) is 13.2 Å². The number of nitro benzene ring substituents is 3. The van der Waals surface area contributed by atoms with Crippen molar-refractivity contribution in [1.29, 1.82) is 0 Å². The van der Waals surface area contributed by atoms with Gasteiger partial charge < -0.3 is 13.3 Å². The third-order valence-electron chi connectivity index (χ3n) is 13.3. The number of hydrogen-bond acceptors (Lipinski definition) is 9. The van der Waals surface area contributed by atoms with Gasteiger partial charge in [0, 0.05) is 18.2 Å². The summed E-state index contributed by atoms with van der Waals surface area (Å²) in [5.74, 6) is 0. The fourth-order valence-corrected chi connectivity index (χ4v) is 15.9.